The average Bonchev–Trinajstić information content (AvgIpc) is 2.49. The number of hydrogen-bond acceptors (Lipinski definition) is 4. The molecule has 0 spiro atoms. The largest absolute Gasteiger partial charge is 0.322 e. The maximum absolute atomic E-state index is 12.2. The first kappa shape index (κ1) is 14.4. The number of nitrogens with zero attached hydrogens (tertiary/aromatic N) is 3. The summed E-state index contributed by atoms with van der Waals surface area (Å²) < 4.78 is 0. The van der Waals surface area contributed by atoms with E-state index in [1.54, 1.807) is 18.6 Å². The minimum atomic E-state index is -0.0379. The summed E-state index contributed by atoms with van der Waals surface area (Å²) in [7, 11) is 1.97. The topological polar surface area (TPSA) is 61.9 Å². The lowest BCUT2D eigenvalue weighted by atomic mass is 10.1. The molecule has 0 atom stereocenters. The molecule has 1 N–H and O–H groups in total. The number of nitrogens with one attached hydrogen (secondary N) is 1. The molecule has 0 aliphatic heterocycles. The molecule has 22 heavy (non-hydrogen) atoms. The molecule has 0 unspecified atom stereocenters. The molecule has 1 aromatic carbocycles. The second-order valence-electron chi connectivity index (χ2n) is 5.58. The van der Waals surface area contributed by atoms with Gasteiger partial charge in [0.2, 0.25) is 0 Å². The van der Waals surface area contributed by atoms with E-state index in [0.717, 1.165) is 27.7 Å². The van der Waals surface area contributed by atoms with E-state index in [-0.39, 0.29) is 5.56 Å². The van der Waals surface area contributed by atoms with Gasteiger partial charge < -0.3 is 4.98 Å². The summed E-state index contributed by atoms with van der Waals surface area (Å²) in [5.41, 5.74) is 3.62. The van der Waals surface area contributed by atoms with Crippen molar-refractivity contribution in [2.24, 2.45) is 0 Å². The molecular formula is C17H18N4O. The molecule has 3 rings (SSSR count). The number of aryl methyl sites for hydroxylation is 1. The zero-order chi connectivity index (χ0) is 15.5. The molecule has 0 radical (unpaired) electrons. The van der Waals surface area contributed by atoms with Crippen LogP contribution in [-0.2, 0) is 13.1 Å². The molecule has 112 valence electrons. The molecule has 5 nitrogen and oxygen atoms in total. The van der Waals surface area contributed by atoms with Crippen molar-refractivity contribution in [3.8, 4) is 0 Å². The molecule has 0 amide bonds. The van der Waals surface area contributed by atoms with Crippen molar-refractivity contribution in [3.63, 3.8) is 0 Å². The van der Waals surface area contributed by atoms with Gasteiger partial charge in [-0.05, 0) is 37.1 Å². The van der Waals surface area contributed by atoms with Crippen molar-refractivity contribution in [1.82, 2.24) is 19.9 Å². The molecule has 0 bridgehead atoms. The quantitative estimate of drug-likeness (QED) is 0.801. The average molecular weight is 294 g/mol. The van der Waals surface area contributed by atoms with E-state index in [0.29, 0.717) is 13.1 Å². The highest BCUT2D eigenvalue weighted by atomic mass is 16.1. The first-order chi connectivity index (χ1) is 10.6. The summed E-state index contributed by atoms with van der Waals surface area (Å²) in [6.45, 7) is 3.23. The highest BCUT2D eigenvalue weighted by Crippen LogP contribution is 2.14. The smallest absolute Gasteiger partial charge is 0.252 e. The molecule has 0 fully saturated rings. The van der Waals surface area contributed by atoms with Crippen molar-refractivity contribution >= 4 is 10.9 Å². The number of aromatic nitrogens is 3. The minimum Gasteiger partial charge on any atom is -0.322 e. The molecule has 2 heterocycles. The second-order valence-corrected chi connectivity index (χ2v) is 5.58. The Morgan fingerprint density at radius 3 is 2.82 bits per heavy atom. The van der Waals surface area contributed by atoms with E-state index in [9.17, 15) is 4.79 Å². The Morgan fingerprint density at radius 2 is 2.05 bits per heavy atom. The van der Waals surface area contributed by atoms with Crippen LogP contribution in [0.4, 0.5) is 0 Å². The Labute approximate surface area is 128 Å². The molecule has 0 saturated carbocycles. The Balaban J connectivity index is 1.82. The predicted octanol–water partition coefficient (Wildman–Crippen LogP) is 2.26. The van der Waals surface area contributed by atoms with E-state index in [1.165, 1.54) is 0 Å². The van der Waals surface area contributed by atoms with Crippen LogP contribution in [0.3, 0.4) is 0 Å². The number of benzene rings is 1. The normalized spacial score (nSPS) is 11.2. The Bertz CT molecular complexity index is 842. The Hall–Kier alpha value is -2.53. The zero-order valence-electron chi connectivity index (χ0n) is 12.7. The van der Waals surface area contributed by atoms with E-state index in [1.807, 2.05) is 38.2 Å². The van der Waals surface area contributed by atoms with E-state index in [4.69, 9.17) is 0 Å². The van der Waals surface area contributed by atoms with Crippen LogP contribution in [0.15, 0.2) is 47.7 Å². The molecule has 5 heteroatoms. The standard InChI is InChI=1S/C17H18N4O/c1-12-3-4-13-8-14(17(22)20-16(13)7-12)10-21(2)11-15-9-18-5-6-19-15/h3-9H,10-11H2,1-2H3,(H,20,22). The molecular weight excluding hydrogens is 276 g/mol. The predicted molar refractivity (Wildman–Crippen MR) is 86.5 cm³/mol. The van der Waals surface area contributed by atoms with Gasteiger partial charge in [-0.1, -0.05) is 12.1 Å². The lowest BCUT2D eigenvalue weighted by Crippen LogP contribution is -2.23. The molecule has 0 saturated heterocycles. The Kier molecular flexibility index (Phi) is 3.98. The van der Waals surface area contributed by atoms with Crippen LogP contribution >= 0.6 is 0 Å². The van der Waals surface area contributed by atoms with Crippen molar-refractivity contribution < 1.29 is 0 Å². The minimum absolute atomic E-state index is 0.0379. The number of fused-ring (bicyclic) bond motifs is 1. The third-order valence-electron chi connectivity index (χ3n) is 3.57. The summed E-state index contributed by atoms with van der Waals surface area (Å²) >= 11 is 0. The van der Waals surface area contributed by atoms with Crippen LogP contribution in [0.2, 0.25) is 0 Å². The lowest BCUT2D eigenvalue weighted by Gasteiger charge is -2.15. The summed E-state index contributed by atoms with van der Waals surface area (Å²) in [5.74, 6) is 0. The van der Waals surface area contributed by atoms with Gasteiger partial charge in [0.05, 0.1) is 5.69 Å². The number of pyridine rings is 1. The monoisotopic (exact) mass is 294 g/mol. The van der Waals surface area contributed by atoms with Crippen LogP contribution in [0.1, 0.15) is 16.8 Å². The van der Waals surface area contributed by atoms with Gasteiger partial charge in [-0.2, -0.15) is 0 Å². The SMILES string of the molecule is Cc1ccc2cc(CN(C)Cc3cnccn3)c(=O)[nH]c2c1. The van der Waals surface area contributed by atoms with Gasteiger partial charge in [-0.25, -0.2) is 0 Å². The van der Waals surface area contributed by atoms with Crippen LogP contribution in [0.25, 0.3) is 10.9 Å². The Morgan fingerprint density at radius 1 is 1.18 bits per heavy atom. The number of aromatic amines is 1. The second kappa shape index (κ2) is 6.07. The van der Waals surface area contributed by atoms with Crippen LogP contribution in [0, 0.1) is 6.92 Å². The first-order valence-electron chi connectivity index (χ1n) is 7.18. The van der Waals surface area contributed by atoms with Gasteiger partial charge in [0.15, 0.2) is 0 Å². The molecule has 0 aliphatic carbocycles. The fraction of sp³-hybridized carbons (Fsp3) is 0.235. The van der Waals surface area contributed by atoms with Gasteiger partial charge in [0.25, 0.3) is 5.56 Å². The molecule has 2 aromatic heterocycles. The summed E-state index contributed by atoms with van der Waals surface area (Å²) in [6, 6.07) is 8.03. The third kappa shape index (κ3) is 3.20. The highest BCUT2D eigenvalue weighted by molar-refractivity contribution is 5.79. The van der Waals surface area contributed by atoms with Crippen LogP contribution < -0.4 is 5.56 Å². The van der Waals surface area contributed by atoms with Crippen molar-refractivity contribution in [2.45, 2.75) is 20.0 Å². The fourth-order valence-electron chi connectivity index (χ4n) is 2.51. The first-order valence-corrected chi connectivity index (χ1v) is 7.18. The number of rotatable bonds is 4. The third-order valence-corrected chi connectivity index (χ3v) is 3.57. The van der Waals surface area contributed by atoms with Crippen molar-refractivity contribution in [2.75, 3.05) is 7.05 Å². The van der Waals surface area contributed by atoms with Crippen LogP contribution in [0.5, 0.6) is 0 Å². The van der Waals surface area contributed by atoms with Gasteiger partial charge in [-0.15, -0.1) is 0 Å². The maximum Gasteiger partial charge on any atom is 0.252 e. The maximum atomic E-state index is 12.2. The van der Waals surface area contributed by atoms with Gasteiger partial charge in [-0.3, -0.25) is 19.7 Å². The number of H-pyrrole nitrogens is 1. The van der Waals surface area contributed by atoms with Crippen molar-refractivity contribution in [1.29, 1.82) is 0 Å². The summed E-state index contributed by atoms with van der Waals surface area (Å²) in [4.78, 5) is 25.5. The van der Waals surface area contributed by atoms with Crippen LogP contribution in [-0.4, -0.2) is 26.9 Å². The lowest BCUT2D eigenvalue weighted by molar-refractivity contribution is 0.313. The fourth-order valence-corrected chi connectivity index (χ4v) is 2.51. The van der Waals surface area contributed by atoms with Gasteiger partial charge in [0.1, 0.15) is 0 Å². The van der Waals surface area contributed by atoms with Gasteiger partial charge >= 0.3 is 0 Å². The number of hydrogen-bond donors (Lipinski definition) is 1. The molecule has 0 aliphatic rings. The highest BCUT2D eigenvalue weighted by Gasteiger charge is 2.08. The van der Waals surface area contributed by atoms with E-state index < -0.39 is 0 Å². The molecule has 3 aromatic rings. The van der Waals surface area contributed by atoms with Crippen molar-refractivity contribution in [3.05, 3.63) is 70.0 Å². The van der Waals surface area contributed by atoms with E-state index >= 15 is 0 Å². The zero-order valence-corrected chi connectivity index (χ0v) is 12.7. The summed E-state index contributed by atoms with van der Waals surface area (Å²) in [5, 5.41) is 1.05. The summed E-state index contributed by atoms with van der Waals surface area (Å²) in [6.07, 6.45) is 5.07. The van der Waals surface area contributed by atoms with Gasteiger partial charge in [0, 0.05) is 42.8 Å². The van der Waals surface area contributed by atoms with E-state index in [2.05, 4.69) is 19.9 Å².